The van der Waals surface area contributed by atoms with Crippen LogP contribution in [0.15, 0.2) is 29.1 Å². The van der Waals surface area contributed by atoms with Crippen LogP contribution in [0.4, 0.5) is 23.4 Å². The van der Waals surface area contributed by atoms with Gasteiger partial charge < -0.3 is 15.2 Å². The Labute approximate surface area is 146 Å². The number of imide groups is 1. The highest BCUT2D eigenvalue weighted by molar-refractivity contribution is 6.23. The third kappa shape index (κ3) is 2.19. The van der Waals surface area contributed by atoms with E-state index in [2.05, 4.69) is 9.47 Å². The molecule has 2 aliphatic rings. The van der Waals surface area contributed by atoms with Gasteiger partial charge in [-0.3, -0.25) is 24.3 Å². The zero-order chi connectivity index (χ0) is 19.7. The van der Waals surface area contributed by atoms with Crippen LogP contribution in [0.25, 0.3) is 5.69 Å². The van der Waals surface area contributed by atoms with E-state index >= 15 is 0 Å². The summed E-state index contributed by atoms with van der Waals surface area (Å²) < 4.78 is 62.5. The summed E-state index contributed by atoms with van der Waals surface area (Å²) in [7, 11) is 0. The Morgan fingerprint density at radius 2 is 1.67 bits per heavy atom. The van der Waals surface area contributed by atoms with Gasteiger partial charge in [-0.1, -0.05) is 6.07 Å². The minimum atomic E-state index is -5.03. The molecule has 1 aromatic carbocycles. The molecule has 0 fully saturated rings. The fraction of sp³-hybridized carbons (Fsp3) is 0.133. The first kappa shape index (κ1) is 16.9. The third-order valence-electron chi connectivity index (χ3n) is 3.96. The number of amides is 2. The highest BCUT2D eigenvalue weighted by atomic mass is 19.3. The van der Waals surface area contributed by atoms with Crippen molar-refractivity contribution in [3.8, 4) is 17.2 Å². The average molecular weight is 385 g/mol. The van der Waals surface area contributed by atoms with Crippen molar-refractivity contribution in [2.45, 2.75) is 12.2 Å². The fourth-order valence-corrected chi connectivity index (χ4v) is 2.78. The molecule has 0 unspecified atom stereocenters. The lowest BCUT2D eigenvalue weighted by atomic mass is 10.1. The summed E-state index contributed by atoms with van der Waals surface area (Å²) in [5.74, 6) is -3.96. The molecule has 0 bridgehead atoms. The summed E-state index contributed by atoms with van der Waals surface area (Å²) in [6, 6.07) is 3.89. The Morgan fingerprint density at radius 1 is 1.00 bits per heavy atom. The SMILES string of the molecule is Nc1c2c(cc(=O)n1-c1cccc3c1OC(F)(F)C(F)(F)O3)C(=O)NC2=O. The Morgan fingerprint density at radius 3 is 2.37 bits per heavy atom. The quantitative estimate of drug-likeness (QED) is 0.565. The maximum absolute atomic E-state index is 13.6. The van der Waals surface area contributed by atoms with E-state index in [1.807, 2.05) is 5.32 Å². The molecule has 0 saturated carbocycles. The number of pyridine rings is 1. The van der Waals surface area contributed by atoms with Crippen molar-refractivity contribution in [2.75, 3.05) is 5.73 Å². The summed E-state index contributed by atoms with van der Waals surface area (Å²) >= 11 is 0. The Balaban J connectivity index is 1.99. The van der Waals surface area contributed by atoms with Gasteiger partial charge in [-0.15, -0.1) is 0 Å². The number of aromatic nitrogens is 1. The number of hydrogen-bond acceptors (Lipinski definition) is 6. The van der Waals surface area contributed by atoms with E-state index < -0.39 is 52.6 Å². The molecule has 2 amide bonds. The molecule has 0 aliphatic carbocycles. The standard InChI is InChI=1S/C15H7F4N3O5/c16-14(17)15(18,19)27-10-6(2-1-3-7(10)26-14)22-8(23)4-5-9(11(22)20)13(25)21-12(5)24/h1-4H,20H2,(H,21,24,25). The second kappa shape index (κ2) is 4.99. The third-order valence-corrected chi connectivity index (χ3v) is 3.96. The van der Waals surface area contributed by atoms with Crippen LogP contribution in [0.2, 0.25) is 0 Å². The first-order chi connectivity index (χ1) is 12.5. The lowest BCUT2D eigenvalue weighted by Crippen LogP contribution is -2.52. The molecule has 0 spiro atoms. The van der Waals surface area contributed by atoms with Crippen molar-refractivity contribution in [3.63, 3.8) is 0 Å². The normalized spacial score (nSPS) is 18.8. The van der Waals surface area contributed by atoms with E-state index in [0.717, 1.165) is 24.3 Å². The van der Waals surface area contributed by atoms with Crippen LogP contribution in [-0.2, 0) is 0 Å². The highest BCUT2D eigenvalue weighted by Gasteiger charge is 2.66. The number of ether oxygens (including phenoxy) is 2. The van der Waals surface area contributed by atoms with Crippen molar-refractivity contribution < 1.29 is 36.6 Å². The van der Waals surface area contributed by atoms with Crippen LogP contribution in [0, 0.1) is 0 Å². The van der Waals surface area contributed by atoms with Gasteiger partial charge >= 0.3 is 12.2 Å². The molecule has 2 aromatic rings. The molecular weight excluding hydrogens is 378 g/mol. The van der Waals surface area contributed by atoms with Gasteiger partial charge in [0, 0.05) is 6.07 Å². The Bertz CT molecular complexity index is 1100. The number of alkyl halides is 4. The monoisotopic (exact) mass is 385 g/mol. The van der Waals surface area contributed by atoms with Gasteiger partial charge in [0.25, 0.3) is 17.4 Å². The molecule has 1 aromatic heterocycles. The summed E-state index contributed by atoms with van der Waals surface area (Å²) in [5, 5.41) is 1.93. The van der Waals surface area contributed by atoms with Crippen molar-refractivity contribution in [3.05, 3.63) is 45.7 Å². The Hall–Kier alpha value is -3.57. The molecule has 27 heavy (non-hydrogen) atoms. The topological polar surface area (TPSA) is 113 Å². The van der Waals surface area contributed by atoms with Gasteiger partial charge in [-0.2, -0.15) is 17.6 Å². The summed E-state index contributed by atoms with van der Waals surface area (Å²) in [4.78, 5) is 35.9. The molecule has 4 rings (SSSR count). The van der Waals surface area contributed by atoms with Crippen LogP contribution in [0.5, 0.6) is 11.5 Å². The number of nitrogen functional groups attached to an aromatic ring is 1. The number of fused-ring (bicyclic) bond motifs is 2. The average Bonchev–Trinajstić information content (AvgIpc) is 2.82. The van der Waals surface area contributed by atoms with E-state index in [1.54, 1.807) is 0 Å². The van der Waals surface area contributed by atoms with E-state index in [4.69, 9.17) is 5.73 Å². The molecule has 12 heteroatoms. The maximum atomic E-state index is 13.6. The van der Waals surface area contributed by atoms with Gasteiger partial charge in [0.2, 0.25) is 0 Å². The fourth-order valence-electron chi connectivity index (χ4n) is 2.78. The van der Waals surface area contributed by atoms with Crippen LogP contribution in [-0.4, -0.2) is 28.6 Å². The lowest BCUT2D eigenvalue weighted by molar-refractivity contribution is -0.391. The molecule has 2 aliphatic heterocycles. The zero-order valence-electron chi connectivity index (χ0n) is 12.9. The number of carbonyl (C=O) groups is 2. The van der Waals surface area contributed by atoms with Crippen LogP contribution in [0.1, 0.15) is 20.7 Å². The number of nitrogens with one attached hydrogen (secondary N) is 1. The summed E-state index contributed by atoms with van der Waals surface area (Å²) in [6.45, 7) is 0. The maximum Gasteiger partial charge on any atom is 0.507 e. The van der Waals surface area contributed by atoms with Crippen LogP contribution in [0.3, 0.4) is 0 Å². The van der Waals surface area contributed by atoms with Gasteiger partial charge in [0.15, 0.2) is 11.5 Å². The number of benzene rings is 1. The van der Waals surface area contributed by atoms with Crippen molar-refractivity contribution >= 4 is 17.6 Å². The van der Waals surface area contributed by atoms with E-state index in [-0.39, 0.29) is 11.1 Å². The molecular formula is C15H7F4N3O5. The van der Waals surface area contributed by atoms with Crippen molar-refractivity contribution in [1.29, 1.82) is 0 Å². The van der Waals surface area contributed by atoms with E-state index in [1.165, 1.54) is 0 Å². The Kier molecular flexibility index (Phi) is 3.12. The largest absolute Gasteiger partial charge is 0.507 e. The first-order valence-corrected chi connectivity index (χ1v) is 7.22. The van der Waals surface area contributed by atoms with Gasteiger partial charge in [-0.25, -0.2) is 0 Å². The van der Waals surface area contributed by atoms with Gasteiger partial charge in [0.1, 0.15) is 5.82 Å². The number of carbonyl (C=O) groups excluding carboxylic acids is 2. The number of anilines is 1. The number of nitrogens with zero attached hydrogens (tertiary/aromatic N) is 1. The molecule has 140 valence electrons. The zero-order valence-corrected chi connectivity index (χ0v) is 12.9. The number of halogens is 4. The lowest BCUT2D eigenvalue weighted by Gasteiger charge is -2.33. The van der Waals surface area contributed by atoms with Crippen LogP contribution >= 0.6 is 0 Å². The second-order valence-corrected chi connectivity index (χ2v) is 5.62. The molecule has 0 radical (unpaired) electrons. The number of nitrogens with two attached hydrogens (primary N) is 1. The molecule has 0 atom stereocenters. The predicted molar refractivity (Wildman–Crippen MR) is 79.4 cm³/mol. The number of rotatable bonds is 1. The number of hydrogen-bond donors (Lipinski definition) is 2. The minimum Gasteiger partial charge on any atom is -0.421 e. The molecule has 3 N–H and O–H groups in total. The van der Waals surface area contributed by atoms with Crippen molar-refractivity contribution in [1.82, 2.24) is 9.88 Å². The number of para-hydroxylation sites is 1. The molecule has 8 nitrogen and oxygen atoms in total. The van der Waals surface area contributed by atoms with Gasteiger partial charge in [0.05, 0.1) is 16.8 Å². The summed E-state index contributed by atoms with van der Waals surface area (Å²) in [6.07, 6.45) is -9.97. The smallest absolute Gasteiger partial charge is 0.421 e. The van der Waals surface area contributed by atoms with Crippen molar-refractivity contribution in [2.24, 2.45) is 0 Å². The minimum absolute atomic E-state index is 0.294. The van der Waals surface area contributed by atoms with E-state index in [0.29, 0.717) is 4.57 Å². The van der Waals surface area contributed by atoms with E-state index in [9.17, 15) is 31.9 Å². The molecule has 0 saturated heterocycles. The van der Waals surface area contributed by atoms with Crippen LogP contribution < -0.4 is 26.1 Å². The predicted octanol–water partition coefficient (Wildman–Crippen LogP) is 1.26. The second-order valence-electron chi connectivity index (χ2n) is 5.62. The highest BCUT2D eigenvalue weighted by Crippen LogP contribution is 2.49. The first-order valence-electron chi connectivity index (χ1n) is 7.22. The summed E-state index contributed by atoms with van der Waals surface area (Å²) in [5.41, 5.74) is 3.69. The molecule has 3 heterocycles. The van der Waals surface area contributed by atoms with Gasteiger partial charge in [-0.05, 0) is 12.1 Å².